The lowest BCUT2D eigenvalue weighted by molar-refractivity contribution is 0.209. The van der Waals surface area contributed by atoms with Gasteiger partial charge in [0.15, 0.2) is 0 Å². The fraction of sp³-hybridized carbons (Fsp3) is 1.00. The zero-order valence-electron chi connectivity index (χ0n) is 10.7. The summed E-state index contributed by atoms with van der Waals surface area (Å²) in [6, 6.07) is 1.64. The van der Waals surface area contributed by atoms with Crippen LogP contribution in [-0.4, -0.2) is 35.1 Å². The smallest absolute Gasteiger partial charge is 0.322 e. The largest absolute Gasteiger partial charge is 0.397 e. The molecule has 0 aromatic rings. The number of hydrogen-bond acceptors (Lipinski definition) is 4. The molecule has 15 heavy (non-hydrogen) atoms. The fourth-order valence-electron chi connectivity index (χ4n) is 1.47. The van der Waals surface area contributed by atoms with Crippen LogP contribution in [0, 0.1) is 0 Å². The van der Waals surface area contributed by atoms with Gasteiger partial charge < -0.3 is 20.3 Å². The van der Waals surface area contributed by atoms with Crippen LogP contribution in [0.1, 0.15) is 34.1 Å². The first-order valence-electron chi connectivity index (χ1n) is 5.74. The Hall–Kier alpha value is 0.0569. The van der Waals surface area contributed by atoms with Crippen LogP contribution in [0.25, 0.3) is 0 Å². The Morgan fingerprint density at radius 3 is 1.93 bits per heavy atom. The molecular weight excluding hydrogens is 208 g/mol. The van der Waals surface area contributed by atoms with Gasteiger partial charge in [0.25, 0.3) is 0 Å². The summed E-state index contributed by atoms with van der Waals surface area (Å²) >= 11 is 0. The molecule has 0 heterocycles. The van der Waals surface area contributed by atoms with E-state index >= 15 is 0 Å². The minimum absolute atomic E-state index is 0. The van der Waals surface area contributed by atoms with Crippen molar-refractivity contribution in [2.24, 2.45) is 0 Å². The minimum Gasteiger partial charge on any atom is -0.397 e. The summed E-state index contributed by atoms with van der Waals surface area (Å²) < 4.78 is 11.3. The SMILES string of the molecule is CCNC(CC)C[SiH](OCC)OCC.N. The Labute approximate surface area is 96.2 Å². The lowest BCUT2D eigenvalue weighted by Gasteiger charge is -2.21. The molecule has 1 atom stereocenters. The molecule has 0 aliphatic heterocycles. The van der Waals surface area contributed by atoms with Crippen molar-refractivity contribution in [3.8, 4) is 0 Å². The van der Waals surface area contributed by atoms with Gasteiger partial charge in [-0.1, -0.05) is 13.8 Å². The van der Waals surface area contributed by atoms with Crippen molar-refractivity contribution >= 4 is 9.28 Å². The predicted molar refractivity (Wildman–Crippen MR) is 68.0 cm³/mol. The van der Waals surface area contributed by atoms with Crippen LogP contribution in [0.5, 0.6) is 0 Å². The third-order valence-corrected chi connectivity index (χ3v) is 4.53. The van der Waals surface area contributed by atoms with Crippen LogP contribution in [0.3, 0.4) is 0 Å². The molecule has 0 saturated carbocycles. The maximum atomic E-state index is 5.64. The molecule has 5 heteroatoms. The van der Waals surface area contributed by atoms with Gasteiger partial charge in [-0.3, -0.25) is 0 Å². The lowest BCUT2D eigenvalue weighted by Crippen LogP contribution is -2.36. The third-order valence-electron chi connectivity index (χ3n) is 2.17. The molecular formula is C10H28N2O2Si. The Bertz CT molecular complexity index is 122. The molecule has 0 radical (unpaired) electrons. The molecule has 0 amide bonds. The van der Waals surface area contributed by atoms with Crippen LogP contribution < -0.4 is 11.5 Å². The van der Waals surface area contributed by atoms with Gasteiger partial charge in [0.2, 0.25) is 0 Å². The van der Waals surface area contributed by atoms with Crippen molar-refractivity contribution in [1.82, 2.24) is 11.5 Å². The molecule has 4 nitrogen and oxygen atoms in total. The first-order chi connectivity index (χ1) is 6.78. The van der Waals surface area contributed by atoms with E-state index in [2.05, 4.69) is 19.2 Å². The first-order valence-corrected chi connectivity index (χ1v) is 7.50. The maximum absolute atomic E-state index is 5.64. The van der Waals surface area contributed by atoms with Crippen LogP contribution in [0.15, 0.2) is 0 Å². The molecule has 0 aromatic carbocycles. The maximum Gasteiger partial charge on any atom is 0.322 e. The summed E-state index contributed by atoms with van der Waals surface area (Å²) in [7, 11) is -1.40. The second kappa shape index (κ2) is 12.1. The van der Waals surface area contributed by atoms with E-state index in [-0.39, 0.29) is 6.15 Å². The van der Waals surface area contributed by atoms with Crippen molar-refractivity contribution in [1.29, 1.82) is 0 Å². The third kappa shape index (κ3) is 9.01. The van der Waals surface area contributed by atoms with E-state index in [4.69, 9.17) is 8.85 Å². The van der Waals surface area contributed by atoms with Gasteiger partial charge in [-0.05, 0) is 26.8 Å². The molecule has 0 saturated heterocycles. The van der Waals surface area contributed by atoms with Crippen molar-refractivity contribution in [3.05, 3.63) is 0 Å². The van der Waals surface area contributed by atoms with E-state index in [0.717, 1.165) is 32.2 Å². The van der Waals surface area contributed by atoms with Gasteiger partial charge in [0.1, 0.15) is 0 Å². The van der Waals surface area contributed by atoms with Gasteiger partial charge >= 0.3 is 9.28 Å². The topological polar surface area (TPSA) is 65.5 Å². The molecule has 0 aromatic heterocycles. The first kappa shape index (κ1) is 17.5. The summed E-state index contributed by atoms with van der Waals surface area (Å²) in [5, 5.41) is 3.45. The van der Waals surface area contributed by atoms with E-state index in [9.17, 15) is 0 Å². The van der Waals surface area contributed by atoms with Crippen molar-refractivity contribution in [3.63, 3.8) is 0 Å². The predicted octanol–water partition coefficient (Wildman–Crippen LogP) is 1.83. The summed E-state index contributed by atoms with van der Waals surface area (Å²) in [6.45, 7) is 11.0. The number of rotatable bonds is 9. The molecule has 0 aliphatic rings. The highest BCUT2D eigenvalue weighted by Gasteiger charge is 2.17. The van der Waals surface area contributed by atoms with Crippen molar-refractivity contribution in [2.45, 2.75) is 46.2 Å². The second-order valence-electron chi connectivity index (χ2n) is 3.24. The summed E-state index contributed by atoms with van der Waals surface area (Å²) in [5.41, 5.74) is 0. The van der Waals surface area contributed by atoms with Crippen LogP contribution >= 0.6 is 0 Å². The summed E-state index contributed by atoms with van der Waals surface area (Å²) in [6.07, 6.45) is 1.15. The normalized spacial score (nSPS) is 12.6. The van der Waals surface area contributed by atoms with Gasteiger partial charge in [-0.15, -0.1) is 0 Å². The van der Waals surface area contributed by atoms with Crippen LogP contribution in [0.2, 0.25) is 6.04 Å². The molecule has 0 aliphatic carbocycles. The highest BCUT2D eigenvalue weighted by atomic mass is 28.3. The Morgan fingerprint density at radius 2 is 1.60 bits per heavy atom. The minimum atomic E-state index is -1.40. The van der Waals surface area contributed by atoms with Gasteiger partial charge in [0.05, 0.1) is 0 Å². The van der Waals surface area contributed by atoms with Crippen molar-refractivity contribution in [2.75, 3.05) is 19.8 Å². The van der Waals surface area contributed by atoms with E-state index in [0.29, 0.717) is 6.04 Å². The van der Waals surface area contributed by atoms with E-state index in [1.165, 1.54) is 0 Å². The Balaban J connectivity index is 0. The zero-order valence-corrected chi connectivity index (χ0v) is 11.9. The quantitative estimate of drug-likeness (QED) is 0.599. The molecule has 4 N–H and O–H groups in total. The standard InChI is InChI=1S/C10H25NO2Si.H3N/c1-5-10(11-6-2)9-14(12-7-3)13-8-4;/h10-11,14H,5-9H2,1-4H3;1H3. The number of nitrogens with one attached hydrogen (secondary N) is 1. The van der Waals surface area contributed by atoms with Crippen molar-refractivity contribution < 1.29 is 8.85 Å². The summed E-state index contributed by atoms with van der Waals surface area (Å²) in [4.78, 5) is 0. The average molecular weight is 236 g/mol. The number of hydrogen-bond donors (Lipinski definition) is 2. The van der Waals surface area contributed by atoms with E-state index < -0.39 is 9.28 Å². The van der Waals surface area contributed by atoms with Gasteiger partial charge in [-0.25, -0.2) is 0 Å². The highest BCUT2D eigenvalue weighted by Crippen LogP contribution is 2.05. The van der Waals surface area contributed by atoms with Gasteiger partial charge in [-0.2, -0.15) is 0 Å². The van der Waals surface area contributed by atoms with Crippen LogP contribution in [-0.2, 0) is 8.85 Å². The summed E-state index contributed by atoms with van der Waals surface area (Å²) in [5.74, 6) is 0. The molecule has 0 bridgehead atoms. The molecule has 0 fully saturated rings. The molecule has 94 valence electrons. The lowest BCUT2D eigenvalue weighted by atomic mass is 10.2. The van der Waals surface area contributed by atoms with E-state index in [1.54, 1.807) is 0 Å². The van der Waals surface area contributed by atoms with Crippen LogP contribution in [0.4, 0.5) is 0 Å². The second-order valence-corrected chi connectivity index (χ2v) is 5.24. The monoisotopic (exact) mass is 236 g/mol. The molecule has 1 unspecified atom stereocenters. The molecule has 0 spiro atoms. The Morgan fingerprint density at radius 1 is 1.07 bits per heavy atom. The average Bonchev–Trinajstić information content (AvgIpc) is 2.18. The highest BCUT2D eigenvalue weighted by molar-refractivity contribution is 6.44. The van der Waals surface area contributed by atoms with E-state index in [1.807, 2.05) is 13.8 Å². The zero-order chi connectivity index (χ0) is 10.8. The fourth-order valence-corrected chi connectivity index (χ4v) is 3.55. The van der Waals surface area contributed by atoms with Gasteiger partial charge in [0, 0.05) is 25.3 Å². The molecule has 0 rings (SSSR count). The Kier molecular flexibility index (Phi) is 14.1.